The molecule has 0 aromatic heterocycles. The molecule has 4 fully saturated rings. The summed E-state index contributed by atoms with van der Waals surface area (Å²) in [5, 5.41) is 29.0. The number of Topliss-reactive ketones (excluding diaryl/α,β-unsaturated/α-hetero) is 1. The zero-order valence-corrected chi connectivity index (χ0v) is 52.5. The van der Waals surface area contributed by atoms with Gasteiger partial charge < -0.3 is 62.9 Å². The van der Waals surface area contributed by atoms with E-state index >= 15 is 9.59 Å². The van der Waals surface area contributed by atoms with Crippen LogP contribution in [0.15, 0.2) is 84.0 Å². The first-order chi connectivity index (χ1) is 41.3. The van der Waals surface area contributed by atoms with Crippen LogP contribution in [0.2, 0.25) is 0 Å². The number of hydrogen-bond donors (Lipinski definition) is 3. The van der Waals surface area contributed by atoms with Crippen molar-refractivity contribution in [1.82, 2.24) is 5.32 Å². The van der Waals surface area contributed by atoms with Crippen LogP contribution in [-0.4, -0.2) is 138 Å². The van der Waals surface area contributed by atoms with Gasteiger partial charge in [0.1, 0.15) is 48.3 Å². The maximum absolute atomic E-state index is 15.9. The van der Waals surface area contributed by atoms with Crippen molar-refractivity contribution in [2.45, 2.75) is 244 Å². The van der Waals surface area contributed by atoms with Gasteiger partial charge >= 0.3 is 36.1 Å². The summed E-state index contributed by atoms with van der Waals surface area (Å²) < 4.78 is 60.1. The number of nitrogens with one attached hydrogen (secondary N) is 1. The van der Waals surface area contributed by atoms with E-state index in [0.29, 0.717) is 6.42 Å². The van der Waals surface area contributed by atoms with Crippen molar-refractivity contribution in [2.24, 2.45) is 16.7 Å². The molecule has 20 nitrogen and oxygen atoms in total. The number of hydrogen-bond acceptors (Lipinski definition) is 19. The molecular formula is C67H93NO19. The van der Waals surface area contributed by atoms with Gasteiger partial charge in [0, 0.05) is 32.1 Å². The molecule has 7 rings (SSSR count). The van der Waals surface area contributed by atoms with E-state index < -0.39 is 137 Å². The number of amides is 1. The Morgan fingerprint density at radius 3 is 2.02 bits per heavy atom. The van der Waals surface area contributed by atoms with E-state index in [0.717, 1.165) is 58.8 Å². The second-order valence-corrected chi connectivity index (χ2v) is 25.7. The Balaban J connectivity index is 1.16. The molecule has 3 N–H and O–H groups in total. The van der Waals surface area contributed by atoms with E-state index in [1.165, 1.54) is 64.5 Å². The fourth-order valence-corrected chi connectivity index (χ4v) is 13.3. The molecule has 2 heterocycles. The molecule has 87 heavy (non-hydrogen) atoms. The number of ether oxygens (including phenoxy) is 10. The van der Waals surface area contributed by atoms with Gasteiger partial charge in [-0.2, -0.15) is 0 Å². The molecule has 20 heteroatoms. The van der Waals surface area contributed by atoms with E-state index in [1.807, 2.05) is 0 Å². The Morgan fingerprint density at radius 2 is 1.43 bits per heavy atom. The number of carbonyl (C=O) groups is 7. The van der Waals surface area contributed by atoms with Crippen LogP contribution in [0.3, 0.4) is 0 Å². The lowest BCUT2D eigenvalue weighted by molar-refractivity contribution is -0.346. The number of aliphatic hydroxyl groups excluding tert-OH is 1. The molecule has 2 saturated heterocycles. The zero-order chi connectivity index (χ0) is 63.3. The number of ketones is 1. The number of rotatable bonds is 27. The molecular weight excluding hydrogens is 1120 g/mol. The van der Waals surface area contributed by atoms with E-state index in [9.17, 15) is 34.2 Å². The number of esters is 4. The molecule has 5 aliphatic rings. The first kappa shape index (κ1) is 68.3. The topological polar surface area (TPSA) is 264 Å². The highest BCUT2D eigenvalue weighted by Crippen LogP contribution is 2.64. The summed E-state index contributed by atoms with van der Waals surface area (Å²) in [6.07, 6.45) is 5.84. The van der Waals surface area contributed by atoms with E-state index in [2.05, 4.69) is 24.4 Å². The average Bonchev–Trinajstić information content (AvgIpc) is 0.810. The number of benzene rings is 2. The highest BCUT2D eigenvalue weighted by molar-refractivity contribution is 5.95. The molecule has 3 aliphatic carbocycles. The van der Waals surface area contributed by atoms with Crippen molar-refractivity contribution in [3.05, 3.63) is 95.1 Å². The van der Waals surface area contributed by atoms with Crippen LogP contribution in [-0.2, 0) is 66.5 Å². The number of carbonyl (C=O) groups excluding carboxylic acids is 7. The van der Waals surface area contributed by atoms with Gasteiger partial charge in [0.15, 0.2) is 23.8 Å². The van der Waals surface area contributed by atoms with E-state index in [1.54, 1.807) is 83.1 Å². The summed E-state index contributed by atoms with van der Waals surface area (Å²) in [7, 11) is 0. The second-order valence-electron chi connectivity index (χ2n) is 25.7. The van der Waals surface area contributed by atoms with Gasteiger partial charge in [-0.3, -0.25) is 14.4 Å². The predicted octanol–water partition coefficient (Wildman–Crippen LogP) is 10.8. The highest BCUT2D eigenvalue weighted by Gasteiger charge is 2.78. The molecule has 2 aromatic rings. The van der Waals surface area contributed by atoms with Crippen molar-refractivity contribution >= 4 is 41.9 Å². The Hall–Kier alpha value is -6.19. The number of fused-ring (bicyclic) bond motifs is 5. The number of allylic oxidation sites excluding steroid dienone is 2. The van der Waals surface area contributed by atoms with Crippen molar-refractivity contribution in [3.63, 3.8) is 0 Å². The van der Waals surface area contributed by atoms with Crippen molar-refractivity contribution in [3.8, 4) is 0 Å². The lowest BCUT2D eigenvalue weighted by atomic mass is 9.44. The Kier molecular flexibility index (Phi) is 23.5. The smallest absolute Gasteiger partial charge is 0.455 e. The van der Waals surface area contributed by atoms with Gasteiger partial charge in [0.05, 0.1) is 36.2 Å². The van der Waals surface area contributed by atoms with Crippen molar-refractivity contribution in [2.75, 3.05) is 19.8 Å². The summed E-state index contributed by atoms with van der Waals surface area (Å²) in [5.74, 6) is -6.53. The van der Waals surface area contributed by atoms with E-state index in [4.69, 9.17) is 47.4 Å². The summed E-state index contributed by atoms with van der Waals surface area (Å²) in [5.41, 5.74) is -8.92. The minimum absolute atomic E-state index is 0.0358. The standard InChI is InChI=1S/C67H93NO19/c1-11-12-13-14-15-16-17-18-19-20-21-22-23-24-31-36-51-78-39-47(82-51)40-79-62(76)84-55(53(45-32-27-25-28-33-45)68-61(75)87-63(5,6)7)60(74)83-48-38-67(77)58(85-59(73)46-34-29-26-30-35-46)56-65(10,49(71)37-50-66(56,41-80-50)86-44(4)70)57(72)54(81-43(3)69)52(42(48)2)64(67,8)9/h18-19,25-30,32-35,47-51,53-56,58,71,77H,11-17,20-24,31,36-41H2,1-10H3,(H,68,75)/b19-18+/t47?,48-,49-,50+,51?,53-,54+,55+,56?,58-,65+,66-,67+/m0/s1. The molecule has 2 bridgehead atoms. The molecule has 0 radical (unpaired) electrons. The van der Waals surface area contributed by atoms with Gasteiger partial charge in [0.25, 0.3) is 0 Å². The molecule has 480 valence electrons. The van der Waals surface area contributed by atoms with Crippen LogP contribution in [0.4, 0.5) is 9.59 Å². The molecule has 3 unspecified atom stereocenters. The van der Waals surface area contributed by atoms with Crippen LogP contribution >= 0.6 is 0 Å². The molecule has 13 atom stereocenters. The predicted molar refractivity (Wildman–Crippen MR) is 317 cm³/mol. The number of unbranched alkanes of at least 4 members (excludes halogenated alkanes) is 11. The first-order valence-electron chi connectivity index (χ1n) is 31.2. The Labute approximate surface area is 512 Å². The summed E-state index contributed by atoms with van der Waals surface area (Å²) in [4.78, 5) is 100. The highest BCUT2D eigenvalue weighted by atomic mass is 16.8. The number of alkyl carbamates (subject to hydrolysis) is 1. The molecule has 2 aromatic carbocycles. The maximum Gasteiger partial charge on any atom is 0.509 e. The van der Waals surface area contributed by atoms with Crippen molar-refractivity contribution in [1.29, 1.82) is 0 Å². The molecule has 0 spiro atoms. The van der Waals surface area contributed by atoms with Gasteiger partial charge in [-0.25, -0.2) is 19.2 Å². The fourth-order valence-electron chi connectivity index (χ4n) is 13.3. The van der Waals surface area contributed by atoms with Gasteiger partial charge in [-0.05, 0) is 102 Å². The Bertz CT molecular complexity index is 2760. The number of aliphatic hydroxyl groups is 2. The third-order valence-corrected chi connectivity index (χ3v) is 17.9. The largest absolute Gasteiger partial charge is 0.509 e. The minimum atomic E-state index is -2.50. The first-order valence-corrected chi connectivity index (χ1v) is 31.2. The third-order valence-electron chi connectivity index (χ3n) is 17.9. The zero-order valence-electron chi connectivity index (χ0n) is 52.5. The molecule has 2 saturated carbocycles. The third kappa shape index (κ3) is 16.2. The lowest BCUT2D eigenvalue weighted by Gasteiger charge is -2.67. The SMILES string of the molecule is CCCCCCCC/C=C/CCCCCCCC1OCC(COC(=O)O[C@@H](C(=O)O[C@H]2C[C@@]3(O)[C@@H](OC(=O)c4ccccc4)C4[C@](C)(C(=O)[C@H](OC(C)=O)C(=C2C)C3(C)C)[C@@H](O)C[C@H]2OC[C@@]42OC(C)=O)[C@@H](NC(=O)OC(C)(C)C)c2ccccc2)O1. The summed E-state index contributed by atoms with van der Waals surface area (Å²) in [6.45, 7) is 14.8. The molecule has 2 aliphatic heterocycles. The van der Waals surface area contributed by atoms with Crippen LogP contribution in [0.25, 0.3) is 0 Å². The second kappa shape index (κ2) is 29.9. The van der Waals surface area contributed by atoms with Gasteiger partial charge in [0.2, 0.25) is 6.10 Å². The van der Waals surface area contributed by atoms with Crippen LogP contribution in [0.5, 0.6) is 0 Å². The normalized spacial score (nSPS) is 28.9. The lowest BCUT2D eigenvalue weighted by Crippen LogP contribution is -2.82. The maximum atomic E-state index is 15.9. The van der Waals surface area contributed by atoms with Crippen LogP contribution in [0, 0.1) is 16.7 Å². The minimum Gasteiger partial charge on any atom is -0.455 e. The average molecular weight is 1220 g/mol. The summed E-state index contributed by atoms with van der Waals surface area (Å²) >= 11 is 0. The Morgan fingerprint density at radius 1 is 0.805 bits per heavy atom. The van der Waals surface area contributed by atoms with Crippen LogP contribution in [0.1, 0.15) is 194 Å². The quantitative estimate of drug-likeness (QED) is 0.0325. The van der Waals surface area contributed by atoms with Crippen molar-refractivity contribution < 1.29 is 91.1 Å². The molecule has 1 amide bonds. The van der Waals surface area contributed by atoms with Crippen LogP contribution < -0.4 is 5.32 Å². The fraction of sp³-hybridized carbons (Fsp3) is 0.657. The van der Waals surface area contributed by atoms with Gasteiger partial charge in [-0.1, -0.05) is 133 Å². The summed E-state index contributed by atoms with van der Waals surface area (Å²) in [6, 6.07) is 14.4. The van der Waals surface area contributed by atoms with Gasteiger partial charge in [-0.15, -0.1) is 0 Å². The monoisotopic (exact) mass is 1220 g/mol. The van der Waals surface area contributed by atoms with E-state index in [-0.39, 0.29) is 48.5 Å².